The lowest BCUT2D eigenvalue weighted by atomic mass is 9.70. The number of hydrogen-bond acceptors (Lipinski definition) is 5. The van der Waals surface area contributed by atoms with Crippen molar-refractivity contribution in [1.82, 2.24) is 4.90 Å². The van der Waals surface area contributed by atoms with E-state index in [9.17, 15) is 19.8 Å². The Balaban J connectivity index is 1.54. The van der Waals surface area contributed by atoms with Crippen LogP contribution >= 0.6 is 24.0 Å². The summed E-state index contributed by atoms with van der Waals surface area (Å²) in [6.45, 7) is 4.44. The summed E-state index contributed by atoms with van der Waals surface area (Å²) < 4.78 is 0.771. The molecule has 1 saturated carbocycles. The first-order chi connectivity index (χ1) is 14.9. The van der Waals surface area contributed by atoms with E-state index in [0.29, 0.717) is 5.75 Å². The Hall–Kier alpha value is -1.90. The van der Waals surface area contributed by atoms with Crippen LogP contribution < -0.4 is 4.90 Å². The molecule has 31 heavy (non-hydrogen) atoms. The molecule has 2 heterocycles. The number of carbonyl (C=O) groups excluding carboxylic acids is 1. The molecule has 2 aliphatic heterocycles. The number of carboxylic acids is 1. The molecule has 6 nitrogen and oxygen atoms in total. The Labute approximate surface area is 192 Å². The molecule has 1 aromatic carbocycles. The topological polar surface area (TPSA) is 81.1 Å². The van der Waals surface area contributed by atoms with Crippen LogP contribution in [0.3, 0.4) is 0 Å². The second-order valence-electron chi connectivity index (χ2n) is 8.47. The lowest BCUT2D eigenvalue weighted by Gasteiger charge is -2.47. The van der Waals surface area contributed by atoms with Gasteiger partial charge in [0.05, 0.1) is 18.1 Å². The Morgan fingerprint density at radius 2 is 2.03 bits per heavy atom. The number of nitrogens with zero attached hydrogens (tertiary/aromatic N) is 2. The molecule has 1 saturated heterocycles. The number of anilines is 1. The number of rotatable bonds is 6. The van der Waals surface area contributed by atoms with Crippen molar-refractivity contribution < 1.29 is 19.8 Å². The van der Waals surface area contributed by atoms with Crippen LogP contribution in [-0.4, -0.2) is 55.8 Å². The van der Waals surface area contributed by atoms with E-state index in [1.807, 2.05) is 30.3 Å². The quantitative estimate of drug-likeness (QED) is 0.497. The molecule has 0 aromatic heterocycles. The molecule has 2 fully saturated rings. The third-order valence-electron chi connectivity index (χ3n) is 6.76. The zero-order valence-electron chi connectivity index (χ0n) is 17.7. The number of aliphatic hydroxyl groups is 1. The van der Waals surface area contributed by atoms with Crippen molar-refractivity contribution in [1.29, 1.82) is 0 Å². The summed E-state index contributed by atoms with van der Waals surface area (Å²) in [6, 6.07) is 9.79. The highest BCUT2D eigenvalue weighted by atomic mass is 32.2. The maximum absolute atomic E-state index is 12.6. The normalized spacial score (nSPS) is 28.0. The second-order valence-corrected chi connectivity index (χ2v) is 10.1. The number of thiocarbonyl (C=S) groups is 1. The van der Waals surface area contributed by atoms with Gasteiger partial charge in [0.25, 0.3) is 0 Å². The number of hydrogen-bond donors (Lipinski definition) is 2. The van der Waals surface area contributed by atoms with Crippen LogP contribution in [0.25, 0.3) is 0 Å². The molecular formula is C23H28N2O4S2. The first-order valence-corrected chi connectivity index (χ1v) is 12.2. The van der Waals surface area contributed by atoms with Crippen LogP contribution in [0, 0.1) is 17.8 Å². The zero-order chi connectivity index (χ0) is 22.3. The van der Waals surface area contributed by atoms with Crippen molar-refractivity contribution in [2.45, 2.75) is 45.3 Å². The minimum absolute atomic E-state index is 0.0210. The fourth-order valence-electron chi connectivity index (χ4n) is 5.45. The summed E-state index contributed by atoms with van der Waals surface area (Å²) in [6.07, 6.45) is 1.97. The predicted octanol–water partition coefficient (Wildman–Crippen LogP) is 3.51. The third-order valence-corrected chi connectivity index (χ3v) is 8.37. The Bertz CT molecular complexity index is 917. The highest BCUT2D eigenvalue weighted by Gasteiger charge is 2.62. The molecule has 0 unspecified atom stereocenters. The summed E-state index contributed by atoms with van der Waals surface area (Å²) >= 11 is 7.30. The van der Waals surface area contributed by atoms with Crippen molar-refractivity contribution in [3.63, 3.8) is 0 Å². The van der Waals surface area contributed by atoms with Crippen molar-refractivity contribution in [3.8, 4) is 0 Å². The lowest BCUT2D eigenvalue weighted by molar-refractivity contribution is -0.163. The summed E-state index contributed by atoms with van der Waals surface area (Å²) in [5, 5.41) is 20.0. The van der Waals surface area contributed by atoms with Gasteiger partial charge in [0.1, 0.15) is 10.0 Å². The highest BCUT2D eigenvalue weighted by molar-refractivity contribution is 8.23. The number of para-hydroxylation sites is 1. The molecule has 1 aliphatic carbocycles. The number of carbonyl (C=O) groups is 2. The van der Waals surface area contributed by atoms with Gasteiger partial charge in [-0.05, 0) is 50.3 Å². The first kappa shape index (κ1) is 22.3. The van der Waals surface area contributed by atoms with Gasteiger partial charge in [-0.15, -0.1) is 0 Å². The molecule has 1 aromatic rings. The Morgan fingerprint density at radius 1 is 1.32 bits per heavy atom. The highest BCUT2D eigenvalue weighted by Crippen LogP contribution is 2.54. The number of thioether (sulfide) groups is 1. The molecule has 4 rings (SSSR count). The van der Waals surface area contributed by atoms with Gasteiger partial charge in [0.2, 0.25) is 5.91 Å². The minimum atomic E-state index is -1.04. The van der Waals surface area contributed by atoms with Gasteiger partial charge in [-0.1, -0.05) is 48.6 Å². The average Bonchev–Trinajstić information content (AvgIpc) is 3.04. The van der Waals surface area contributed by atoms with Crippen molar-refractivity contribution in [2.75, 3.05) is 17.2 Å². The molecule has 8 heteroatoms. The number of aliphatic hydroxyl groups excluding tert-OH is 1. The zero-order valence-corrected chi connectivity index (χ0v) is 19.4. The van der Waals surface area contributed by atoms with E-state index in [0.717, 1.165) is 41.4 Å². The fourth-order valence-corrected chi connectivity index (χ4v) is 6.97. The lowest BCUT2D eigenvalue weighted by Crippen LogP contribution is -2.64. The third kappa shape index (κ3) is 3.79. The second kappa shape index (κ2) is 8.92. The van der Waals surface area contributed by atoms with E-state index in [4.69, 9.17) is 12.2 Å². The van der Waals surface area contributed by atoms with Crippen LogP contribution in [-0.2, 0) is 9.59 Å². The standard InChI is InChI=1S/C23H28N2O4S2/c1-3-24(15-9-5-4-6-10-15)23(30)31-12-14-8-7-11-16-18(14)20(22(28)29)25-19(16)17(13(2)26)21(25)27/h4-6,9-10,13-14,16-17,19,26H,3,7-8,11-12H2,1-2H3,(H,28,29)/t13-,14-,16+,17-,19-/m1/s1. The minimum Gasteiger partial charge on any atom is -0.477 e. The smallest absolute Gasteiger partial charge is 0.352 e. The van der Waals surface area contributed by atoms with E-state index in [2.05, 4.69) is 11.8 Å². The molecule has 5 atom stereocenters. The fraction of sp³-hybridized carbons (Fsp3) is 0.522. The molecule has 0 radical (unpaired) electrons. The molecule has 3 aliphatic rings. The maximum atomic E-state index is 12.6. The molecule has 0 spiro atoms. The molecular weight excluding hydrogens is 432 g/mol. The molecule has 2 N–H and O–H groups in total. The average molecular weight is 461 g/mol. The van der Waals surface area contributed by atoms with Gasteiger partial charge in [-0.3, -0.25) is 4.79 Å². The van der Waals surface area contributed by atoms with Crippen molar-refractivity contribution in [3.05, 3.63) is 41.6 Å². The number of carboxylic acid groups (broad SMARTS) is 1. The number of amides is 1. The van der Waals surface area contributed by atoms with E-state index in [-0.39, 0.29) is 29.5 Å². The van der Waals surface area contributed by atoms with Gasteiger partial charge in [0.15, 0.2) is 0 Å². The molecule has 166 valence electrons. The summed E-state index contributed by atoms with van der Waals surface area (Å²) in [5.74, 6) is -1.03. The van der Waals surface area contributed by atoms with Crippen LogP contribution in [0.2, 0.25) is 0 Å². The van der Waals surface area contributed by atoms with E-state index in [1.54, 1.807) is 18.7 Å². The number of benzene rings is 1. The largest absolute Gasteiger partial charge is 0.477 e. The Kier molecular flexibility index (Phi) is 6.42. The summed E-state index contributed by atoms with van der Waals surface area (Å²) in [5.41, 5.74) is 2.09. The SMILES string of the molecule is CCN(C(=S)SC[C@H]1CCC[C@H]2C1=C(C(=O)O)N1C(=O)[C@H]([C@@H](C)O)[C@@H]21)c1ccccc1. The predicted molar refractivity (Wildman–Crippen MR) is 126 cm³/mol. The van der Waals surface area contributed by atoms with Gasteiger partial charge in [0, 0.05) is 23.9 Å². The van der Waals surface area contributed by atoms with E-state index in [1.165, 1.54) is 4.90 Å². The number of β-lactam (4-membered cyclic amide) rings is 1. The van der Waals surface area contributed by atoms with Gasteiger partial charge in [-0.25, -0.2) is 4.79 Å². The number of fused-ring (bicyclic) bond motifs is 3. The monoisotopic (exact) mass is 460 g/mol. The van der Waals surface area contributed by atoms with Crippen molar-refractivity contribution in [2.24, 2.45) is 17.8 Å². The summed E-state index contributed by atoms with van der Waals surface area (Å²) in [4.78, 5) is 28.3. The number of aliphatic carboxylic acids is 1. The Morgan fingerprint density at radius 3 is 2.65 bits per heavy atom. The van der Waals surface area contributed by atoms with Crippen LogP contribution in [0.1, 0.15) is 33.1 Å². The first-order valence-electron chi connectivity index (χ1n) is 10.8. The molecule has 1 amide bonds. The van der Waals surface area contributed by atoms with E-state index >= 15 is 0 Å². The summed E-state index contributed by atoms with van der Waals surface area (Å²) in [7, 11) is 0. The van der Waals surface area contributed by atoms with Crippen LogP contribution in [0.5, 0.6) is 0 Å². The van der Waals surface area contributed by atoms with Gasteiger partial charge < -0.3 is 20.0 Å². The van der Waals surface area contributed by atoms with Crippen molar-refractivity contribution >= 4 is 45.9 Å². The molecule has 0 bridgehead atoms. The van der Waals surface area contributed by atoms with Gasteiger partial charge >= 0.3 is 5.97 Å². The van der Waals surface area contributed by atoms with Gasteiger partial charge in [-0.2, -0.15) is 0 Å². The maximum Gasteiger partial charge on any atom is 0.352 e. The van der Waals surface area contributed by atoms with E-state index < -0.39 is 18.0 Å². The van der Waals surface area contributed by atoms with Crippen LogP contribution in [0.15, 0.2) is 41.6 Å². The van der Waals surface area contributed by atoms with Crippen LogP contribution in [0.4, 0.5) is 5.69 Å².